The topological polar surface area (TPSA) is 0 Å². The maximum Gasteiger partial charge on any atom is -0.147 e. The Balaban J connectivity index is 0. The zero-order chi connectivity index (χ0) is 6.20. The van der Waals surface area contributed by atoms with Crippen molar-refractivity contribution in [3.8, 4) is 0 Å². The number of halogens is 2. The van der Waals surface area contributed by atoms with Crippen LogP contribution in [0.25, 0.3) is 0 Å². The average molecular weight is 275 g/mol. The van der Waals surface area contributed by atoms with Gasteiger partial charge in [0.25, 0.3) is 0 Å². The van der Waals surface area contributed by atoms with Gasteiger partial charge in [-0.1, -0.05) is 0 Å². The summed E-state index contributed by atoms with van der Waals surface area (Å²) in [6.07, 6.45) is 2.23. The minimum atomic E-state index is 0. The fraction of sp³-hybridized carbons (Fsp3) is 0.500. The molecular weight excluding hydrogens is 265 g/mol. The standard InChI is InChI=1S/C6H8P.2ClH.Zr/c1-5-3-4-7-6(5)2;;;/h3-4H,1-2H3;2*1H;. The second-order valence-electron chi connectivity index (χ2n) is 2.20. The summed E-state index contributed by atoms with van der Waals surface area (Å²) >= 11 is 1.63. The summed E-state index contributed by atoms with van der Waals surface area (Å²) < 4.78 is 0.521. The van der Waals surface area contributed by atoms with Crippen LogP contribution in [0.15, 0.2) is 11.6 Å². The van der Waals surface area contributed by atoms with Gasteiger partial charge in [0.05, 0.1) is 0 Å². The van der Waals surface area contributed by atoms with Gasteiger partial charge in [-0.2, -0.15) is 0 Å². The Morgan fingerprint density at radius 3 is 2.10 bits per heavy atom. The number of hydrogen-bond donors (Lipinski definition) is 0. The van der Waals surface area contributed by atoms with Crippen molar-refractivity contribution in [3.63, 3.8) is 0 Å². The van der Waals surface area contributed by atoms with Crippen LogP contribution in [0.2, 0.25) is 0 Å². The van der Waals surface area contributed by atoms with E-state index in [1.807, 2.05) is 0 Å². The summed E-state index contributed by atoms with van der Waals surface area (Å²) in [6.45, 7) is 4.52. The molecule has 0 aromatic rings. The molecule has 0 radical (unpaired) electrons. The first kappa shape index (κ1) is 13.9. The quantitative estimate of drug-likeness (QED) is 0.596. The van der Waals surface area contributed by atoms with Crippen molar-refractivity contribution in [2.45, 2.75) is 16.7 Å². The minimum Gasteiger partial charge on any atom is -0.147 e. The van der Waals surface area contributed by atoms with Gasteiger partial charge in [-0.05, 0) is 0 Å². The summed E-state index contributed by atoms with van der Waals surface area (Å²) in [5.41, 5.74) is 1.54. The van der Waals surface area contributed by atoms with Gasteiger partial charge < -0.3 is 0 Å². The largest absolute Gasteiger partial charge is 0.147 e. The zero-order valence-corrected chi connectivity index (χ0v) is 10.9. The first-order valence-electron chi connectivity index (χ1n) is 2.60. The summed E-state index contributed by atoms with van der Waals surface area (Å²) in [4.78, 5) is 0. The molecule has 1 atom stereocenters. The molecule has 1 rings (SSSR count). The van der Waals surface area contributed by atoms with Crippen LogP contribution in [0.5, 0.6) is 0 Å². The fourth-order valence-corrected chi connectivity index (χ4v) is 2.19. The molecule has 0 bridgehead atoms. The number of allylic oxidation sites excluding steroid dienone is 2. The number of rotatable bonds is 0. The third-order valence-corrected chi connectivity index (χ3v) is 4.51. The van der Waals surface area contributed by atoms with E-state index in [0.717, 1.165) is 0 Å². The molecule has 1 aliphatic rings. The molecule has 0 fully saturated rings. The van der Waals surface area contributed by atoms with Crippen molar-refractivity contribution in [2.24, 2.45) is 0 Å². The first-order valence-corrected chi connectivity index (χ1v) is 4.80. The third-order valence-electron chi connectivity index (χ3n) is 1.43. The van der Waals surface area contributed by atoms with Gasteiger partial charge in [-0.15, -0.1) is 24.8 Å². The molecule has 0 nitrogen and oxygen atoms in total. The van der Waals surface area contributed by atoms with E-state index < -0.39 is 0 Å². The molecule has 1 aliphatic heterocycles. The van der Waals surface area contributed by atoms with Crippen LogP contribution in [-0.2, 0) is 24.7 Å². The molecule has 0 amide bonds. The Morgan fingerprint density at radius 2 is 2.00 bits per heavy atom. The van der Waals surface area contributed by atoms with Crippen LogP contribution in [0.1, 0.15) is 13.8 Å². The summed E-state index contributed by atoms with van der Waals surface area (Å²) in [6, 6.07) is 0. The average Bonchev–Trinajstić information content (AvgIpc) is 1.86. The van der Waals surface area contributed by atoms with Crippen molar-refractivity contribution >= 4 is 38.8 Å². The fourth-order valence-electron chi connectivity index (χ4n) is 0.562. The molecule has 57 valence electrons. The van der Waals surface area contributed by atoms with Gasteiger partial charge in [-0.3, -0.25) is 0 Å². The second kappa shape index (κ2) is 5.10. The monoisotopic (exact) mass is 273 g/mol. The van der Waals surface area contributed by atoms with Gasteiger partial charge in [-0.25, -0.2) is 0 Å². The summed E-state index contributed by atoms with van der Waals surface area (Å²) in [5.74, 6) is 2.24. The molecule has 4 heteroatoms. The van der Waals surface area contributed by atoms with Crippen molar-refractivity contribution in [3.05, 3.63) is 11.6 Å². The predicted octanol–water partition coefficient (Wildman–Crippen LogP) is 2.80. The molecular formula is C6H10Cl2PZr. The van der Waals surface area contributed by atoms with Crippen LogP contribution in [0.3, 0.4) is 0 Å². The predicted molar refractivity (Wildman–Crippen MR) is 49.6 cm³/mol. The molecule has 1 heterocycles. The molecule has 0 aromatic heterocycles. The normalized spacial score (nSPS) is 29.9. The van der Waals surface area contributed by atoms with Crippen LogP contribution < -0.4 is 0 Å². The summed E-state index contributed by atoms with van der Waals surface area (Å²) in [5, 5.41) is 0. The minimum absolute atomic E-state index is 0. The number of hydrogen-bond acceptors (Lipinski definition) is 0. The molecule has 0 saturated heterocycles. The zero-order valence-electron chi connectivity index (χ0n) is 5.92. The Morgan fingerprint density at radius 1 is 1.50 bits per heavy atom. The molecule has 1 unspecified atom stereocenters. The van der Waals surface area contributed by atoms with Gasteiger partial charge in [0, 0.05) is 0 Å². The molecule has 0 aromatic carbocycles. The van der Waals surface area contributed by atoms with Gasteiger partial charge in [0.2, 0.25) is 0 Å². The van der Waals surface area contributed by atoms with E-state index in [-0.39, 0.29) is 24.8 Å². The van der Waals surface area contributed by atoms with E-state index >= 15 is 0 Å². The van der Waals surface area contributed by atoms with Crippen molar-refractivity contribution in [1.82, 2.24) is 0 Å². The van der Waals surface area contributed by atoms with Crippen molar-refractivity contribution < 1.29 is 24.7 Å². The molecule has 0 saturated carbocycles. The van der Waals surface area contributed by atoms with Crippen LogP contribution >= 0.6 is 33.0 Å². The molecule has 0 aliphatic carbocycles. The van der Waals surface area contributed by atoms with E-state index in [1.165, 1.54) is 13.8 Å². The Bertz CT molecular complexity index is 163. The summed E-state index contributed by atoms with van der Waals surface area (Å²) in [7, 11) is 1.48. The Labute approximate surface area is 91.3 Å². The second-order valence-corrected chi connectivity index (χ2v) is 7.14. The Kier molecular flexibility index (Phi) is 7.10. The van der Waals surface area contributed by atoms with E-state index in [1.54, 1.807) is 24.7 Å². The van der Waals surface area contributed by atoms with E-state index in [9.17, 15) is 0 Å². The maximum atomic E-state index is 2.31. The van der Waals surface area contributed by atoms with Gasteiger partial charge >= 0.3 is 67.1 Å². The maximum absolute atomic E-state index is 2.31. The van der Waals surface area contributed by atoms with Crippen LogP contribution in [-0.4, -0.2) is 8.66 Å². The first-order chi connectivity index (χ1) is 3.63. The van der Waals surface area contributed by atoms with Gasteiger partial charge in [0.15, 0.2) is 0 Å². The molecule has 0 N–H and O–H groups in total. The van der Waals surface area contributed by atoms with E-state index in [4.69, 9.17) is 0 Å². The van der Waals surface area contributed by atoms with E-state index in [0.29, 0.717) is 2.86 Å². The Hall–Kier alpha value is 1.37. The SMILES string of the molecule is CC1=CC=P[C]1(C)[Zr].Cl.Cl. The van der Waals surface area contributed by atoms with Gasteiger partial charge in [0.1, 0.15) is 0 Å². The molecule has 10 heavy (non-hydrogen) atoms. The van der Waals surface area contributed by atoms with Crippen molar-refractivity contribution in [2.75, 3.05) is 0 Å². The smallest absolute Gasteiger partial charge is 0.147 e. The van der Waals surface area contributed by atoms with Crippen molar-refractivity contribution in [1.29, 1.82) is 0 Å². The molecule has 0 spiro atoms. The van der Waals surface area contributed by atoms with E-state index in [2.05, 4.69) is 25.7 Å². The van der Waals surface area contributed by atoms with Crippen LogP contribution in [0.4, 0.5) is 0 Å². The third kappa shape index (κ3) is 3.18. The van der Waals surface area contributed by atoms with Crippen LogP contribution in [0, 0.1) is 0 Å².